The van der Waals surface area contributed by atoms with Crippen LogP contribution in [0.4, 0.5) is 0 Å². The third kappa shape index (κ3) is 8.84. The summed E-state index contributed by atoms with van der Waals surface area (Å²) in [5.74, 6) is 0. The second-order valence-corrected chi connectivity index (χ2v) is 0. The average molecular weight is 237 g/mol. The van der Waals surface area contributed by atoms with Crippen molar-refractivity contribution in [3.8, 4) is 0 Å². The van der Waals surface area contributed by atoms with Gasteiger partial charge in [0.25, 0.3) is 0 Å². The normalized spacial score (nSPS) is 0. The van der Waals surface area contributed by atoms with Crippen molar-refractivity contribution < 1.29 is 89.4 Å². The molecule has 0 aliphatic heterocycles. The summed E-state index contributed by atoms with van der Waals surface area (Å²) < 4.78 is 0. The summed E-state index contributed by atoms with van der Waals surface area (Å²) in [5, 5.41) is 0. The Morgan fingerprint density at radius 3 is 1.00 bits per heavy atom. The van der Waals surface area contributed by atoms with Crippen molar-refractivity contribution in [2.75, 3.05) is 0 Å². The van der Waals surface area contributed by atoms with Crippen LogP contribution in [0.25, 0.3) is 0 Å². The molecule has 0 aromatic rings. The molecule has 0 aromatic carbocycles. The molecule has 0 atom stereocenters. The van der Waals surface area contributed by atoms with E-state index in [4.69, 9.17) is 0 Å². The van der Waals surface area contributed by atoms with Crippen LogP contribution in [0, 0.1) is 0 Å². The molecule has 0 aromatic heterocycles. The Kier molecular flexibility index (Phi) is 124. The molecule has 0 rings (SSSR count). The van der Waals surface area contributed by atoms with Gasteiger partial charge in [0, 0.05) is 0 Å². The first-order valence-corrected chi connectivity index (χ1v) is 0. The van der Waals surface area contributed by atoms with Crippen LogP contribution in [-0.2, 0) is 0 Å². The SMILES string of the molecule is [Br-].[I-].[Li+].[Na+]. The smallest absolute Gasteiger partial charge is 1.00 e. The quantitative estimate of drug-likeness (QED) is 0.290. The fourth-order valence-corrected chi connectivity index (χ4v) is 0. The van der Waals surface area contributed by atoms with E-state index in [1.165, 1.54) is 0 Å². The van der Waals surface area contributed by atoms with Gasteiger partial charge >= 0.3 is 48.4 Å². The fraction of sp³-hybridized carbons (Fsp3) is 0. The number of hydrogen-bond donors (Lipinski definition) is 0. The van der Waals surface area contributed by atoms with Gasteiger partial charge in [-0.1, -0.05) is 0 Å². The van der Waals surface area contributed by atoms with E-state index in [1.807, 2.05) is 0 Å². The maximum Gasteiger partial charge on any atom is 1.00 e. The predicted molar refractivity (Wildman–Crippen MR) is 0 cm³/mol. The van der Waals surface area contributed by atoms with Crippen molar-refractivity contribution in [3.05, 3.63) is 0 Å². The summed E-state index contributed by atoms with van der Waals surface area (Å²) in [6.07, 6.45) is 0. The first-order chi connectivity index (χ1) is 0. The van der Waals surface area contributed by atoms with Crippen LogP contribution in [-0.4, -0.2) is 0 Å². The monoisotopic (exact) mass is 236 g/mol. The summed E-state index contributed by atoms with van der Waals surface area (Å²) in [6, 6.07) is 0. The van der Waals surface area contributed by atoms with Crippen molar-refractivity contribution in [1.29, 1.82) is 0 Å². The van der Waals surface area contributed by atoms with E-state index in [9.17, 15) is 0 Å². The molecule has 4 heteroatoms. The molecule has 0 bridgehead atoms. The van der Waals surface area contributed by atoms with Crippen LogP contribution in [0.1, 0.15) is 0 Å². The van der Waals surface area contributed by atoms with E-state index in [1.54, 1.807) is 0 Å². The zero-order valence-electron chi connectivity index (χ0n) is 2.76. The Morgan fingerprint density at radius 2 is 1.00 bits per heavy atom. The van der Waals surface area contributed by atoms with Gasteiger partial charge in [-0.05, 0) is 0 Å². The Hall–Kier alpha value is 2.81. The molecule has 0 radical (unpaired) electrons. The van der Waals surface area contributed by atoms with Crippen LogP contribution in [0.3, 0.4) is 0 Å². The number of halogens is 2. The molecule has 0 saturated heterocycles. The third-order valence-corrected chi connectivity index (χ3v) is 0. The Morgan fingerprint density at radius 1 is 1.00 bits per heavy atom. The van der Waals surface area contributed by atoms with Gasteiger partial charge in [-0.25, -0.2) is 0 Å². The van der Waals surface area contributed by atoms with Crippen LogP contribution in [0.2, 0.25) is 0 Å². The molecule has 0 saturated carbocycles. The molecule has 0 nitrogen and oxygen atoms in total. The number of rotatable bonds is 0. The van der Waals surface area contributed by atoms with Gasteiger partial charge in [0.15, 0.2) is 0 Å². The molecule has 0 unspecified atom stereocenters. The minimum absolute atomic E-state index is 0. The molecule has 0 aliphatic rings. The molecule has 16 valence electrons. The molecule has 0 fully saturated rings. The predicted octanol–water partition coefficient (Wildman–Crippen LogP) is -12.0. The molecule has 0 N–H and O–H groups in total. The molecule has 0 heterocycles. The van der Waals surface area contributed by atoms with Gasteiger partial charge in [0.1, 0.15) is 0 Å². The van der Waals surface area contributed by atoms with Crippen LogP contribution in [0.5, 0.6) is 0 Å². The molecule has 0 amide bonds. The van der Waals surface area contributed by atoms with Gasteiger partial charge in [-0.15, -0.1) is 0 Å². The van der Waals surface area contributed by atoms with Crippen LogP contribution < -0.4 is 89.4 Å². The summed E-state index contributed by atoms with van der Waals surface area (Å²) in [6.45, 7) is 0. The number of hydrogen-bond acceptors (Lipinski definition) is 0. The standard InChI is InChI=1S/BrH.HI.Li.Na/h2*1H;;/q;;2*+1/p-2. The van der Waals surface area contributed by atoms with E-state index in [-0.39, 0.29) is 89.4 Å². The summed E-state index contributed by atoms with van der Waals surface area (Å²) in [4.78, 5) is 0. The summed E-state index contributed by atoms with van der Waals surface area (Å²) in [7, 11) is 0. The molecular formula is BrILiNa. The van der Waals surface area contributed by atoms with E-state index in [0.29, 0.717) is 0 Å². The first-order valence-electron chi connectivity index (χ1n) is 0. The zero-order valence-corrected chi connectivity index (χ0v) is 8.50. The van der Waals surface area contributed by atoms with Gasteiger partial charge in [-0.2, -0.15) is 0 Å². The van der Waals surface area contributed by atoms with E-state index < -0.39 is 0 Å². The van der Waals surface area contributed by atoms with Crippen molar-refractivity contribution in [3.63, 3.8) is 0 Å². The minimum atomic E-state index is 0. The molecule has 4 heavy (non-hydrogen) atoms. The van der Waals surface area contributed by atoms with E-state index >= 15 is 0 Å². The topological polar surface area (TPSA) is 0 Å². The largest absolute Gasteiger partial charge is 1.00 e. The van der Waals surface area contributed by atoms with Gasteiger partial charge < -0.3 is 41.0 Å². The Bertz CT molecular complexity index is 8.00. The van der Waals surface area contributed by atoms with Crippen LogP contribution in [0.15, 0.2) is 0 Å². The van der Waals surface area contributed by atoms with E-state index in [0.717, 1.165) is 0 Å². The fourth-order valence-electron chi connectivity index (χ4n) is 0. The molecular weight excluding hydrogens is 237 g/mol. The Labute approximate surface area is 87.7 Å². The summed E-state index contributed by atoms with van der Waals surface area (Å²) >= 11 is 0. The van der Waals surface area contributed by atoms with Crippen molar-refractivity contribution in [2.45, 2.75) is 0 Å². The molecule has 0 aliphatic carbocycles. The van der Waals surface area contributed by atoms with Gasteiger partial charge in [-0.3, -0.25) is 0 Å². The molecule has 0 spiro atoms. The Balaban J connectivity index is 0. The van der Waals surface area contributed by atoms with E-state index in [2.05, 4.69) is 0 Å². The van der Waals surface area contributed by atoms with Crippen LogP contribution >= 0.6 is 0 Å². The maximum absolute atomic E-state index is 0. The van der Waals surface area contributed by atoms with Gasteiger partial charge in [0.2, 0.25) is 0 Å². The van der Waals surface area contributed by atoms with Crippen molar-refractivity contribution in [1.82, 2.24) is 0 Å². The minimum Gasteiger partial charge on any atom is -1.00 e. The van der Waals surface area contributed by atoms with Crippen molar-refractivity contribution in [2.24, 2.45) is 0 Å². The third-order valence-electron chi connectivity index (χ3n) is 0. The summed E-state index contributed by atoms with van der Waals surface area (Å²) in [5.41, 5.74) is 0. The van der Waals surface area contributed by atoms with Crippen molar-refractivity contribution >= 4 is 0 Å². The first kappa shape index (κ1) is 29.1. The second-order valence-electron chi connectivity index (χ2n) is 0. The second kappa shape index (κ2) is 17.0. The maximum atomic E-state index is 0. The zero-order chi connectivity index (χ0) is 0. The average Bonchev–Trinajstić information content (AvgIpc) is 0. The van der Waals surface area contributed by atoms with Gasteiger partial charge in [0.05, 0.1) is 0 Å².